The van der Waals surface area contributed by atoms with Crippen molar-refractivity contribution in [3.8, 4) is 5.75 Å². The predicted octanol–water partition coefficient (Wildman–Crippen LogP) is 4.39. The highest BCUT2D eigenvalue weighted by atomic mass is 19.1. The van der Waals surface area contributed by atoms with Gasteiger partial charge in [-0.2, -0.15) is 0 Å². The van der Waals surface area contributed by atoms with Gasteiger partial charge in [0, 0.05) is 37.3 Å². The topological polar surface area (TPSA) is 75.0 Å². The number of nitrogens with zero attached hydrogens (tertiary/aromatic N) is 3. The zero-order valence-corrected chi connectivity index (χ0v) is 18.3. The number of para-hydroxylation sites is 1. The van der Waals surface area contributed by atoms with E-state index in [4.69, 9.17) is 5.11 Å². The maximum atomic E-state index is 16.0. The highest BCUT2D eigenvalue weighted by Crippen LogP contribution is 2.42. The molecule has 0 bridgehead atoms. The van der Waals surface area contributed by atoms with Crippen molar-refractivity contribution < 1.29 is 23.4 Å². The molecular weight excluding hydrogens is 444 g/mol. The number of pyridine rings is 1. The summed E-state index contributed by atoms with van der Waals surface area (Å²) in [6.45, 7) is 1.91. The van der Waals surface area contributed by atoms with E-state index in [0.717, 1.165) is 37.6 Å². The van der Waals surface area contributed by atoms with Gasteiger partial charge in [-0.15, -0.1) is 0 Å². The Hall–Kier alpha value is -3.62. The van der Waals surface area contributed by atoms with Crippen LogP contribution in [0.1, 0.15) is 25.3 Å². The lowest BCUT2D eigenvalue weighted by molar-refractivity contribution is 0.143. The monoisotopic (exact) mass is 467 g/mol. The Morgan fingerprint density at radius 2 is 1.85 bits per heavy atom. The van der Waals surface area contributed by atoms with Crippen LogP contribution in [-0.4, -0.2) is 41.5 Å². The molecule has 3 aromatic rings. The number of rotatable bonds is 4. The summed E-state index contributed by atoms with van der Waals surface area (Å²) in [5, 5.41) is 8.75. The summed E-state index contributed by atoms with van der Waals surface area (Å²) in [5.41, 5.74) is 0.131. The van der Waals surface area contributed by atoms with Crippen molar-refractivity contribution in [3.05, 3.63) is 64.5 Å². The van der Waals surface area contributed by atoms with Gasteiger partial charge in [0.2, 0.25) is 5.43 Å². The minimum absolute atomic E-state index is 0.00128. The Labute approximate surface area is 193 Å². The van der Waals surface area contributed by atoms with E-state index in [-0.39, 0.29) is 34.6 Å². The molecule has 0 radical (unpaired) electrons. The van der Waals surface area contributed by atoms with Gasteiger partial charge in [0.25, 0.3) is 0 Å². The minimum atomic E-state index is -1.65. The Balaban J connectivity index is 1.42. The van der Waals surface area contributed by atoms with Crippen LogP contribution in [0.15, 0.2) is 47.4 Å². The van der Waals surface area contributed by atoms with Crippen molar-refractivity contribution in [3.63, 3.8) is 0 Å². The number of hydrogen-bond acceptors (Lipinski definition) is 5. The molecule has 7 nitrogen and oxygen atoms in total. The third-order valence-electron chi connectivity index (χ3n) is 7.24. The van der Waals surface area contributed by atoms with E-state index in [2.05, 4.69) is 9.64 Å². The molecule has 1 aromatic heterocycles. The Morgan fingerprint density at radius 1 is 1.09 bits per heavy atom. The molecule has 1 aliphatic carbocycles. The number of carbonyl (C=O) groups is 1. The summed E-state index contributed by atoms with van der Waals surface area (Å²) in [5.74, 6) is -1.78. The van der Waals surface area contributed by atoms with Gasteiger partial charge in [0.05, 0.1) is 23.1 Å². The summed E-state index contributed by atoms with van der Waals surface area (Å²) in [7, 11) is 0. The quantitative estimate of drug-likeness (QED) is 0.574. The highest BCUT2D eigenvalue weighted by molar-refractivity contribution is 5.86. The van der Waals surface area contributed by atoms with E-state index in [9.17, 15) is 9.59 Å². The molecule has 2 unspecified atom stereocenters. The average Bonchev–Trinajstić information content (AvgIpc) is 3.46. The van der Waals surface area contributed by atoms with Gasteiger partial charge >= 0.3 is 6.16 Å². The second kappa shape index (κ2) is 7.72. The van der Waals surface area contributed by atoms with Gasteiger partial charge < -0.3 is 24.2 Å². The molecule has 34 heavy (non-hydrogen) atoms. The first kappa shape index (κ1) is 20.9. The molecule has 1 saturated carbocycles. The minimum Gasteiger partial charge on any atom is -0.449 e. The zero-order valence-electron chi connectivity index (χ0n) is 18.3. The summed E-state index contributed by atoms with van der Waals surface area (Å²) in [6.07, 6.45) is 2.04. The molecule has 1 N–H and O–H groups in total. The number of hydrogen-bond donors (Lipinski definition) is 1. The number of ether oxygens (including phenoxy) is 1. The fourth-order valence-electron chi connectivity index (χ4n) is 5.59. The van der Waals surface area contributed by atoms with Crippen molar-refractivity contribution in [2.75, 3.05) is 29.4 Å². The molecule has 0 spiro atoms. The lowest BCUT2D eigenvalue weighted by atomic mass is 10.0. The Morgan fingerprint density at radius 3 is 2.56 bits per heavy atom. The van der Waals surface area contributed by atoms with E-state index in [1.165, 1.54) is 10.8 Å². The van der Waals surface area contributed by atoms with Crippen LogP contribution < -0.4 is 20.0 Å². The lowest BCUT2D eigenvalue weighted by Gasteiger charge is -2.28. The second-order valence-corrected chi connectivity index (χ2v) is 9.30. The number of fused-ring (bicyclic) bond motifs is 2. The predicted molar refractivity (Wildman–Crippen MR) is 123 cm³/mol. The van der Waals surface area contributed by atoms with Crippen molar-refractivity contribution in [1.82, 2.24) is 4.57 Å². The highest BCUT2D eigenvalue weighted by Gasteiger charge is 2.43. The number of halogens is 2. The number of aromatic nitrogens is 1. The average molecular weight is 467 g/mol. The molecule has 2 saturated heterocycles. The third-order valence-corrected chi connectivity index (χ3v) is 7.24. The number of carboxylic acid groups (broad SMARTS) is 1. The van der Waals surface area contributed by atoms with Crippen LogP contribution in [0.2, 0.25) is 0 Å². The van der Waals surface area contributed by atoms with Crippen molar-refractivity contribution >= 4 is 28.4 Å². The molecule has 3 fully saturated rings. The van der Waals surface area contributed by atoms with Crippen LogP contribution >= 0.6 is 0 Å². The first-order valence-corrected chi connectivity index (χ1v) is 11.5. The Kier molecular flexibility index (Phi) is 4.75. The lowest BCUT2D eigenvalue weighted by Crippen LogP contribution is -2.35. The molecular formula is C25H23F2N3O4. The first-order chi connectivity index (χ1) is 16.4. The fraction of sp³-hybridized carbons (Fsp3) is 0.360. The molecule has 6 rings (SSSR count). The van der Waals surface area contributed by atoms with Gasteiger partial charge in [-0.1, -0.05) is 18.2 Å². The molecule has 0 amide bonds. The maximum Gasteiger partial charge on any atom is 0.511 e. The van der Waals surface area contributed by atoms with Gasteiger partial charge in [0.15, 0.2) is 11.6 Å². The van der Waals surface area contributed by atoms with Gasteiger partial charge in [0.1, 0.15) is 11.5 Å². The molecule has 3 aliphatic rings. The molecule has 2 aliphatic heterocycles. The summed E-state index contributed by atoms with van der Waals surface area (Å²) in [4.78, 5) is 27.9. The van der Waals surface area contributed by atoms with Crippen LogP contribution in [0, 0.1) is 17.6 Å². The largest absolute Gasteiger partial charge is 0.511 e. The van der Waals surface area contributed by atoms with Crippen LogP contribution in [0.5, 0.6) is 5.75 Å². The molecule has 3 heterocycles. The second-order valence-electron chi connectivity index (χ2n) is 9.30. The van der Waals surface area contributed by atoms with E-state index >= 15 is 8.78 Å². The van der Waals surface area contributed by atoms with Gasteiger partial charge in [-0.25, -0.2) is 13.6 Å². The third kappa shape index (κ3) is 3.29. The molecule has 9 heteroatoms. The van der Waals surface area contributed by atoms with Crippen molar-refractivity contribution in [2.45, 2.75) is 31.3 Å². The SMILES string of the molecule is O=C(O)Oc1cn(C2CC2)c2c(F)c(N3CC4CCN(c5ccccc5)C4C3)c(F)cc2c1=O. The van der Waals surface area contributed by atoms with Gasteiger partial charge in [-0.3, -0.25) is 4.79 Å². The number of benzene rings is 2. The van der Waals surface area contributed by atoms with Crippen LogP contribution in [0.25, 0.3) is 10.9 Å². The molecule has 2 aromatic carbocycles. The first-order valence-electron chi connectivity index (χ1n) is 11.5. The van der Waals surface area contributed by atoms with Crippen LogP contribution in [-0.2, 0) is 0 Å². The summed E-state index contributed by atoms with van der Waals surface area (Å²) >= 11 is 0. The standard InChI is InChI=1S/C25H23F2N3O4/c26-18-10-17-22(30(16-6-7-16)13-20(24(17)31)34-25(32)33)21(27)23(18)28-11-14-8-9-29(19(14)12-28)15-4-2-1-3-5-15/h1-5,10,13-14,16,19H,6-9,11-12H2,(H,32,33). The van der Waals surface area contributed by atoms with Gasteiger partial charge in [-0.05, 0) is 37.5 Å². The normalized spacial score (nSPS) is 21.8. The van der Waals surface area contributed by atoms with E-state index in [1.54, 1.807) is 4.90 Å². The maximum absolute atomic E-state index is 16.0. The van der Waals surface area contributed by atoms with Crippen molar-refractivity contribution in [1.29, 1.82) is 0 Å². The fourth-order valence-corrected chi connectivity index (χ4v) is 5.59. The molecule has 176 valence electrons. The zero-order chi connectivity index (χ0) is 23.6. The Bertz CT molecular complexity index is 1360. The summed E-state index contributed by atoms with van der Waals surface area (Å²) in [6, 6.07) is 11.1. The van der Waals surface area contributed by atoms with E-state index < -0.39 is 29.0 Å². The van der Waals surface area contributed by atoms with Crippen molar-refractivity contribution in [2.24, 2.45) is 5.92 Å². The summed E-state index contributed by atoms with van der Waals surface area (Å²) < 4.78 is 37.5. The van der Waals surface area contributed by atoms with Crippen LogP contribution in [0.3, 0.4) is 0 Å². The number of anilines is 2. The van der Waals surface area contributed by atoms with E-state index in [0.29, 0.717) is 13.1 Å². The van der Waals surface area contributed by atoms with Crippen LogP contribution in [0.4, 0.5) is 25.0 Å². The van der Waals surface area contributed by atoms with E-state index in [1.807, 2.05) is 30.3 Å². The smallest absolute Gasteiger partial charge is 0.449 e. The molecule has 2 atom stereocenters.